The third-order valence-electron chi connectivity index (χ3n) is 12.1. The van der Waals surface area contributed by atoms with Crippen LogP contribution in [-0.4, -0.2) is 4.98 Å². The average Bonchev–Trinajstić information content (AvgIpc) is 3.69. The first-order valence-corrected chi connectivity index (χ1v) is 20.2. The number of para-hydroxylation sites is 3. The van der Waals surface area contributed by atoms with Gasteiger partial charge in [-0.1, -0.05) is 188 Å². The van der Waals surface area contributed by atoms with E-state index < -0.39 is 0 Å². The molecule has 0 fully saturated rings. The fourth-order valence-corrected chi connectivity index (χ4v) is 9.34. The molecule has 2 heteroatoms. The maximum Gasteiger partial charge on any atom is 0.144 e. The van der Waals surface area contributed by atoms with Gasteiger partial charge in [-0.15, -0.1) is 0 Å². The van der Waals surface area contributed by atoms with Gasteiger partial charge in [0.05, 0.1) is 11.2 Å². The van der Waals surface area contributed by atoms with Crippen molar-refractivity contribution in [1.82, 2.24) is 4.98 Å². The largest absolute Gasteiger partial charge is 0.455 e. The van der Waals surface area contributed by atoms with Crippen LogP contribution in [0.5, 0.6) is 0 Å². The SMILES string of the molecule is c1ccc(-c2cc(-c3cccc4c3oc3ccccc34)nc3c(-c4ccc(-c5c6ccccc6c(-c6ccc7ccccc7c6)c6ccccc56)cc4)cccc23)cc1. The Bertz CT molecular complexity index is 3540. The second-order valence-corrected chi connectivity index (χ2v) is 15.4. The number of fused-ring (bicyclic) bond motifs is 7. The molecule has 12 aromatic rings. The first-order valence-electron chi connectivity index (χ1n) is 20.2. The van der Waals surface area contributed by atoms with Gasteiger partial charge in [0, 0.05) is 27.3 Å². The third-order valence-corrected chi connectivity index (χ3v) is 12.1. The Kier molecular flexibility index (Phi) is 7.57. The van der Waals surface area contributed by atoms with Crippen molar-refractivity contribution in [2.45, 2.75) is 0 Å². The molecule has 2 aromatic heterocycles. The summed E-state index contributed by atoms with van der Waals surface area (Å²) in [5.74, 6) is 0. The van der Waals surface area contributed by atoms with Gasteiger partial charge in [0.1, 0.15) is 11.2 Å². The smallest absolute Gasteiger partial charge is 0.144 e. The van der Waals surface area contributed by atoms with Gasteiger partial charge in [-0.2, -0.15) is 0 Å². The topological polar surface area (TPSA) is 26.0 Å². The Morgan fingerprint density at radius 1 is 0.305 bits per heavy atom. The summed E-state index contributed by atoms with van der Waals surface area (Å²) in [6, 6.07) is 76.4. The van der Waals surface area contributed by atoms with Crippen LogP contribution in [-0.2, 0) is 0 Å². The van der Waals surface area contributed by atoms with Crippen LogP contribution in [0.15, 0.2) is 217 Å². The van der Waals surface area contributed by atoms with Crippen molar-refractivity contribution in [2.75, 3.05) is 0 Å². The molecule has 12 rings (SSSR count). The molecular formula is C57H35NO. The number of furan rings is 1. The van der Waals surface area contributed by atoms with Crippen molar-refractivity contribution >= 4 is 65.2 Å². The highest BCUT2D eigenvalue weighted by Crippen LogP contribution is 2.45. The van der Waals surface area contributed by atoms with E-state index in [9.17, 15) is 0 Å². The fourth-order valence-electron chi connectivity index (χ4n) is 9.34. The highest BCUT2D eigenvalue weighted by atomic mass is 16.3. The van der Waals surface area contributed by atoms with Gasteiger partial charge in [0.2, 0.25) is 0 Å². The number of nitrogens with zero attached hydrogens (tertiary/aromatic N) is 1. The van der Waals surface area contributed by atoms with Gasteiger partial charge in [0.15, 0.2) is 0 Å². The maximum atomic E-state index is 6.54. The molecule has 10 aromatic carbocycles. The van der Waals surface area contributed by atoms with Gasteiger partial charge in [0.25, 0.3) is 0 Å². The van der Waals surface area contributed by atoms with Crippen molar-refractivity contribution < 1.29 is 4.42 Å². The second-order valence-electron chi connectivity index (χ2n) is 15.4. The van der Waals surface area contributed by atoms with Crippen LogP contribution in [0.3, 0.4) is 0 Å². The van der Waals surface area contributed by atoms with Gasteiger partial charge in [-0.05, 0) is 95.5 Å². The van der Waals surface area contributed by atoms with Crippen LogP contribution in [0.2, 0.25) is 0 Å². The summed E-state index contributed by atoms with van der Waals surface area (Å²) in [7, 11) is 0. The van der Waals surface area contributed by atoms with E-state index in [4.69, 9.17) is 9.40 Å². The molecule has 0 aliphatic carbocycles. The zero-order chi connectivity index (χ0) is 38.9. The monoisotopic (exact) mass is 749 g/mol. The van der Waals surface area contributed by atoms with E-state index in [0.29, 0.717) is 0 Å². The van der Waals surface area contributed by atoms with E-state index in [-0.39, 0.29) is 0 Å². The molecule has 0 saturated carbocycles. The minimum Gasteiger partial charge on any atom is -0.455 e. The summed E-state index contributed by atoms with van der Waals surface area (Å²) in [5.41, 5.74) is 14.0. The molecular weight excluding hydrogens is 715 g/mol. The second kappa shape index (κ2) is 13.4. The number of hydrogen-bond acceptors (Lipinski definition) is 2. The summed E-state index contributed by atoms with van der Waals surface area (Å²) in [4.78, 5) is 5.49. The summed E-state index contributed by atoms with van der Waals surface area (Å²) in [6.07, 6.45) is 0. The van der Waals surface area contributed by atoms with E-state index in [0.717, 1.165) is 66.4 Å². The van der Waals surface area contributed by atoms with Crippen LogP contribution >= 0.6 is 0 Å². The molecule has 274 valence electrons. The Morgan fingerprint density at radius 3 is 1.56 bits per heavy atom. The highest BCUT2D eigenvalue weighted by Gasteiger charge is 2.20. The average molecular weight is 750 g/mol. The minimum absolute atomic E-state index is 0.854. The Morgan fingerprint density at radius 2 is 0.831 bits per heavy atom. The minimum atomic E-state index is 0.854. The lowest BCUT2D eigenvalue weighted by Gasteiger charge is -2.18. The molecule has 2 nitrogen and oxygen atoms in total. The summed E-state index contributed by atoms with van der Waals surface area (Å²) >= 11 is 0. The molecule has 2 heterocycles. The molecule has 0 unspecified atom stereocenters. The summed E-state index contributed by atoms with van der Waals surface area (Å²) in [6.45, 7) is 0. The van der Waals surface area contributed by atoms with Gasteiger partial charge in [-0.25, -0.2) is 4.98 Å². The van der Waals surface area contributed by atoms with Crippen molar-refractivity contribution in [3.05, 3.63) is 212 Å². The maximum absolute atomic E-state index is 6.54. The molecule has 59 heavy (non-hydrogen) atoms. The Hall–Kier alpha value is -7.81. The normalized spacial score (nSPS) is 11.7. The number of rotatable bonds is 5. The van der Waals surface area contributed by atoms with Crippen LogP contribution < -0.4 is 0 Å². The van der Waals surface area contributed by atoms with Gasteiger partial charge in [-0.3, -0.25) is 0 Å². The lowest BCUT2D eigenvalue weighted by Crippen LogP contribution is -1.93. The fraction of sp³-hybridized carbons (Fsp3) is 0. The third kappa shape index (κ3) is 5.38. The molecule has 0 bridgehead atoms. The Balaban J connectivity index is 1.04. The molecule has 0 radical (unpaired) electrons. The molecule has 0 N–H and O–H groups in total. The highest BCUT2D eigenvalue weighted by molar-refractivity contribution is 6.22. The van der Waals surface area contributed by atoms with Crippen LogP contribution in [0.1, 0.15) is 0 Å². The zero-order valence-corrected chi connectivity index (χ0v) is 32.1. The molecule has 0 spiro atoms. The van der Waals surface area contributed by atoms with E-state index in [2.05, 4.69) is 200 Å². The van der Waals surface area contributed by atoms with Gasteiger partial charge >= 0.3 is 0 Å². The van der Waals surface area contributed by atoms with E-state index in [1.54, 1.807) is 0 Å². The first kappa shape index (κ1) is 33.3. The quantitative estimate of drug-likeness (QED) is 0.164. The number of benzene rings is 10. The number of hydrogen-bond donors (Lipinski definition) is 0. The van der Waals surface area contributed by atoms with Crippen molar-refractivity contribution in [3.63, 3.8) is 0 Å². The Labute approximate surface area is 341 Å². The summed E-state index contributed by atoms with van der Waals surface area (Å²) < 4.78 is 6.54. The standard InChI is InChI=1S/C57H35NO/c1-2-15-37(16-3-1)51-35-52(50-26-13-25-49-43-18-10-11-27-53(43)59-57(49)50)58-56-42(23-12-24-48(51)56)38-29-31-39(32-30-38)54-44-19-6-8-21-46(44)55(47-22-9-7-20-45(47)54)41-33-28-36-14-4-5-17-40(36)34-41/h1-35H. The van der Waals surface area contributed by atoms with Crippen molar-refractivity contribution in [2.24, 2.45) is 0 Å². The lowest BCUT2D eigenvalue weighted by molar-refractivity contribution is 0.670. The molecule has 0 aliphatic heterocycles. The van der Waals surface area contributed by atoms with E-state index >= 15 is 0 Å². The number of aromatic nitrogens is 1. The molecule has 0 amide bonds. The van der Waals surface area contributed by atoms with Crippen LogP contribution in [0.4, 0.5) is 0 Å². The predicted octanol–water partition coefficient (Wildman–Crippen LogP) is 15.9. The zero-order valence-electron chi connectivity index (χ0n) is 32.1. The summed E-state index contributed by atoms with van der Waals surface area (Å²) in [5, 5.41) is 10.8. The van der Waals surface area contributed by atoms with Crippen molar-refractivity contribution in [3.8, 4) is 55.8 Å². The van der Waals surface area contributed by atoms with Crippen molar-refractivity contribution in [1.29, 1.82) is 0 Å². The first-order chi connectivity index (χ1) is 29.3. The van der Waals surface area contributed by atoms with E-state index in [1.807, 2.05) is 12.1 Å². The van der Waals surface area contributed by atoms with E-state index in [1.165, 1.54) is 54.6 Å². The lowest BCUT2D eigenvalue weighted by atomic mass is 9.85. The predicted molar refractivity (Wildman–Crippen MR) is 249 cm³/mol. The number of pyridine rings is 1. The van der Waals surface area contributed by atoms with Gasteiger partial charge < -0.3 is 4.42 Å². The van der Waals surface area contributed by atoms with Crippen LogP contribution in [0, 0.1) is 0 Å². The van der Waals surface area contributed by atoms with Crippen LogP contribution in [0.25, 0.3) is 121 Å². The molecule has 0 atom stereocenters. The molecule has 0 saturated heterocycles. The molecule has 0 aliphatic rings.